The number of aromatic amines is 1. The zero-order valence-electron chi connectivity index (χ0n) is 15.8. The number of hydrogen-bond donors (Lipinski definition) is 2. The van der Waals surface area contributed by atoms with E-state index in [9.17, 15) is 9.59 Å². The van der Waals surface area contributed by atoms with Gasteiger partial charge in [-0.15, -0.1) is 0 Å². The molecule has 6 nitrogen and oxygen atoms in total. The number of halogens is 1. The number of carbonyl (C=O) groups is 2. The normalized spacial score (nSPS) is 16.5. The first-order chi connectivity index (χ1) is 13.0. The van der Waals surface area contributed by atoms with E-state index in [4.69, 9.17) is 16.3 Å². The molecule has 3 rings (SSSR count). The van der Waals surface area contributed by atoms with Crippen molar-refractivity contribution in [2.24, 2.45) is 11.8 Å². The van der Waals surface area contributed by atoms with Gasteiger partial charge in [0.1, 0.15) is 5.69 Å². The van der Waals surface area contributed by atoms with Crippen LogP contribution in [0, 0.1) is 11.8 Å². The second-order valence-corrected chi connectivity index (χ2v) is 7.55. The van der Waals surface area contributed by atoms with Crippen molar-refractivity contribution in [1.82, 2.24) is 15.2 Å². The van der Waals surface area contributed by atoms with Crippen LogP contribution in [0.2, 0.25) is 5.02 Å². The minimum atomic E-state index is -0.0608. The Morgan fingerprint density at radius 3 is 2.78 bits per heavy atom. The van der Waals surface area contributed by atoms with Gasteiger partial charge in [0.15, 0.2) is 0 Å². The number of likely N-dealkylation sites (tertiary alicyclic amines) is 1. The highest BCUT2D eigenvalue weighted by Gasteiger charge is 2.30. The van der Waals surface area contributed by atoms with E-state index < -0.39 is 0 Å². The molecule has 27 heavy (non-hydrogen) atoms. The second-order valence-electron chi connectivity index (χ2n) is 7.12. The first-order valence-corrected chi connectivity index (χ1v) is 9.71. The molecular formula is C20H26ClN3O3. The summed E-state index contributed by atoms with van der Waals surface area (Å²) in [5, 5.41) is 4.48. The van der Waals surface area contributed by atoms with Crippen LogP contribution < -0.4 is 5.32 Å². The molecule has 0 spiro atoms. The summed E-state index contributed by atoms with van der Waals surface area (Å²) >= 11 is 6.02. The average Bonchev–Trinajstić information content (AvgIpc) is 3.10. The summed E-state index contributed by atoms with van der Waals surface area (Å²) < 4.78 is 4.96. The minimum absolute atomic E-state index is 0.00188. The number of hydrogen-bond acceptors (Lipinski definition) is 3. The summed E-state index contributed by atoms with van der Waals surface area (Å²) in [5.74, 6) is 0.287. The Bertz CT molecular complexity index is 812. The van der Waals surface area contributed by atoms with E-state index in [2.05, 4.69) is 10.3 Å². The number of aromatic nitrogens is 1. The lowest BCUT2D eigenvalue weighted by Gasteiger charge is -2.34. The van der Waals surface area contributed by atoms with Gasteiger partial charge in [-0.3, -0.25) is 9.59 Å². The van der Waals surface area contributed by atoms with Crippen LogP contribution in [0.1, 0.15) is 30.3 Å². The van der Waals surface area contributed by atoms with Crippen molar-refractivity contribution in [2.45, 2.75) is 19.8 Å². The molecule has 2 amide bonds. The monoisotopic (exact) mass is 391 g/mol. The van der Waals surface area contributed by atoms with Crippen LogP contribution in [0.5, 0.6) is 0 Å². The van der Waals surface area contributed by atoms with Gasteiger partial charge in [0.25, 0.3) is 5.91 Å². The molecular weight excluding hydrogens is 366 g/mol. The van der Waals surface area contributed by atoms with E-state index in [1.807, 2.05) is 30.0 Å². The number of amides is 2. The maximum Gasteiger partial charge on any atom is 0.270 e. The van der Waals surface area contributed by atoms with Crippen LogP contribution in [0.15, 0.2) is 24.3 Å². The lowest BCUT2D eigenvalue weighted by atomic mass is 9.85. The molecule has 0 saturated carbocycles. The molecule has 2 aromatic rings. The Labute approximate surface area is 164 Å². The minimum Gasteiger partial charge on any atom is -0.383 e. The second kappa shape index (κ2) is 8.76. The van der Waals surface area contributed by atoms with Gasteiger partial charge < -0.3 is 19.9 Å². The fourth-order valence-electron chi connectivity index (χ4n) is 3.64. The summed E-state index contributed by atoms with van der Waals surface area (Å²) in [6.07, 6.45) is 1.66. The number of ether oxygens (including phenoxy) is 1. The fourth-order valence-corrected chi connectivity index (χ4v) is 3.82. The fraction of sp³-hybridized carbons (Fsp3) is 0.500. The van der Waals surface area contributed by atoms with Crippen molar-refractivity contribution >= 4 is 34.3 Å². The number of rotatable bonds is 6. The summed E-state index contributed by atoms with van der Waals surface area (Å²) in [6, 6.07) is 7.38. The first kappa shape index (κ1) is 19.7. The van der Waals surface area contributed by atoms with Gasteiger partial charge in [0, 0.05) is 48.6 Å². The molecule has 0 unspecified atom stereocenters. The Morgan fingerprint density at radius 1 is 1.33 bits per heavy atom. The molecule has 1 atom stereocenters. The molecule has 1 saturated heterocycles. The van der Waals surface area contributed by atoms with Crippen molar-refractivity contribution in [3.63, 3.8) is 0 Å². The van der Waals surface area contributed by atoms with Crippen LogP contribution in [0.4, 0.5) is 0 Å². The molecule has 1 aromatic heterocycles. The lowest BCUT2D eigenvalue weighted by molar-refractivity contribution is -0.126. The van der Waals surface area contributed by atoms with E-state index in [1.165, 1.54) is 0 Å². The number of carbonyl (C=O) groups excluding carboxylic acids is 2. The molecule has 2 N–H and O–H groups in total. The predicted molar refractivity (Wildman–Crippen MR) is 106 cm³/mol. The van der Waals surface area contributed by atoms with Gasteiger partial charge >= 0.3 is 0 Å². The van der Waals surface area contributed by atoms with Gasteiger partial charge in [-0.1, -0.05) is 18.5 Å². The Kier molecular flexibility index (Phi) is 6.39. The standard InChI is InChI=1S/C20H26ClN3O3/c1-13(19(25)22-7-10-27-2)14-5-8-24(9-6-14)20(26)18-12-15-11-16(21)3-4-17(15)23-18/h3-4,11-14,23H,5-10H2,1-2H3,(H,22,25)/t13-/m1/s1. The topological polar surface area (TPSA) is 74.4 Å². The smallest absolute Gasteiger partial charge is 0.270 e. The van der Waals surface area contributed by atoms with Crippen LogP contribution >= 0.6 is 11.6 Å². The van der Waals surface area contributed by atoms with Crippen LogP contribution in [-0.4, -0.2) is 55.0 Å². The zero-order chi connectivity index (χ0) is 19.4. The van der Waals surface area contributed by atoms with Crippen molar-refractivity contribution in [3.8, 4) is 0 Å². The summed E-state index contributed by atoms with van der Waals surface area (Å²) in [5.41, 5.74) is 1.48. The third-order valence-corrected chi connectivity index (χ3v) is 5.60. The molecule has 0 radical (unpaired) electrons. The van der Waals surface area contributed by atoms with E-state index in [1.54, 1.807) is 13.2 Å². The van der Waals surface area contributed by atoms with Gasteiger partial charge in [-0.05, 0) is 43.0 Å². The number of nitrogens with zero attached hydrogens (tertiary/aromatic N) is 1. The molecule has 1 aliphatic heterocycles. The molecule has 7 heteroatoms. The van der Waals surface area contributed by atoms with Crippen LogP contribution in [-0.2, 0) is 9.53 Å². The molecule has 2 heterocycles. The Balaban J connectivity index is 1.56. The number of nitrogens with one attached hydrogen (secondary N) is 2. The largest absolute Gasteiger partial charge is 0.383 e. The first-order valence-electron chi connectivity index (χ1n) is 9.34. The molecule has 1 aromatic carbocycles. The molecule has 0 aliphatic carbocycles. The summed E-state index contributed by atoms with van der Waals surface area (Å²) in [7, 11) is 1.62. The molecule has 1 fully saturated rings. The van der Waals surface area contributed by atoms with Crippen molar-refractivity contribution in [3.05, 3.63) is 35.0 Å². The molecule has 0 bridgehead atoms. The number of benzene rings is 1. The van der Waals surface area contributed by atoms with Crippen LogP contribution in [0.3, 0.4) is 0 Å². The maximum atomic E-state index is 12.8. The van der Waals surface area contributed by atoms with Gasteiger partial charge in [0.2, 0.25) is 5.91 Å². The predicted octanol–water partition coefficient (Wildman–Crippen LogP) is 3.07. The highest BCUT2D eigenvalue weighted by molar-refractivity contribution is 6.31. The third-order valence-electron chi connectivity index (χ3n) is 5.37. The number of fused-ring (bicyclic) bond motifs is 1. The highest BCUT2D eigenvalue weighted by Crippen LogP contribution is 2.27. The summed E-state index contributed by atoms with van der Waals surface area (Å²) in [4.78, 5) is 30.1. The lowest BCUT2D eigenvalue weighted by Crippen LogP contribution is -2.43. The SMILES string of the molecule is COCCNC(=O)[C@H](C)C1CCN(C(=O)c2cc3cc(Cl)ccc3[nH]2)CC1. The van der Waals surface area contributed by atoms with Gasteiger partial charge in [-0.2, -0.15) is 0 Å². The number of H-pyrrole nitrogens is 1. The van der Waals surface area contributed by atoms with Crippen molar-refractivity contribution in [2.75, 3.05) is 33.4 Å². The number of piperidine rings is 1. The average molecular weight is 392 g/mol. The third kappa shape index (κ3) is 4.62. The van der Waals surface area contributed by atoms with Crippen LogP contribution in [0.25, 0.3) is 10.9 Å². The van der Waals surface area contributed by atoms with Crippen molar-refractivity contribution < 1.29 is 14.3 Å². The Hall–Kier alpha value is -2.05. The quantitative estimate of drug-likeness (QED) is 0.743. The maximum absolute atomic E-state index is 12.8. The van der Waals surface area contributed by atoms with Gasteiger partial charge in [0.05, 0.1) is 6.61 Å². The highest BCUT2D eigenvalue weighted by atomic mass is 35.5. The van der Waals surface area contributed by atoms with E-state index in [0.717, 1.165) is 23.7 Å². The van der Waals surface area contributed by atoms with Crippen molar-refractivity contribution in [1.29, 1.82) is 0 Å². The number of methoxy groups -OCH3 is 1. The Morgan fingerprint density at radius 2 is 2.07 bits per heavy atom. The van der Waals surface area contributed by atoms with E-state index in [0.29, 0.717) is 37.0 Å². The van der Waals surface area contributed by atoms with Gasteiger partial charge in [-0.25, -0.2) is 0 Å². The molecule has 1 aliphatic rings. The molecule has 146 valence electrons. The summed E-state index contributed by atoms with van der Waals surface area (Å²) in [6.45, 7) is 4.33. The zero-order valence-corrected chi connectivity index (χ0v) is 16.5. The van der Waals surface area contributed by atoms with E-state index >= 15 is 0 Å². The van der Waals surface area contributed by atoms with E-state index in [-0.39, 0.29) is 23.7 Å².